The zero-order chi connectivity index (χ0) is 29.6. The van der Waals surface area contributed by atoms with Crippen LogP contribution in [0.5, 0.6) is 0 Å². The van der Waals surface area contributed by atoms with E-state index in [4.69, 9.17) is 4.74 Å². The summed E-state index contributed by atoms with van der Waals surface area (Å²) in [5.74, 6) is 2.20. The lowest BCUT2D eigenvalue weighted by molar-refractivity contribution is -0.154. The molecule has 0 aromatic carbocycles. The number of ketones is 1. The quantitative estimate of drug-likeness (QED) is 0.156. The molecule has 4 aliphatic rings. The summed E-state index contributed by atoms with van der Waals surface area (Å²) in [6.07, 6.45) is 22.2. The van der Waals surface area contributed by atoms with Gasteiger partial charge >= 0.3 is 5.97 Å². The van der Waals surface area contributed by atoms with Crippen LogP contribution < -0.4 is 0 Å². The van der Waals surface area contributed by atoms with Crippen LogP contribution >= 0.6 is 0 Å². The van der Waals surface area contributed by atoms with E-state index in [0.29, 0.717) is 36.4 Å². The highest BCUT2D eigenvalue weighted by atomic mass is 16.5. The number of hydrogen-bond acceptors (Lipinski definition) is 4. The van der Waals surface area contributed by atoms with E-state index in [-0.39, 0.29) is 29.4 Å². The maximum Gasteiger partial charge on any atom is 0.302 e. The molecule has 0 spiro atoms. The summed E-state index contributed by atoms with van der Waals surface area (Å²) in [5.41, 5.74) is 4.67. The number of esters is 1. The van der Waals surface area contributed by atoms with E-state index in [2.05, 4.69) is 20.8 Å². The highest BCUT2D eigenvalue weighted by Crippen LogP contribution is 2.63. The van der Waals surface area contributed by atoms with Gasteiger partial charge in [-0.05, 0) is 100 Å². The molecule has 5 heteroatoms. The summed E-state index contributed by atoms with van der Waals surface area (Å²) in [7, 11) is 1.91. The van der Waals surface area contributed by atoms with E-state index >= 15 is 0 Å². The Morgan fingerprint density at radius 2 is 1.61 bits per heavy atom. The Morgan fingerprint density at radius 1 is 0.951 bits per heavy atom. The fraction of sp³-hybridized carbons (Fsp3) is 0.806. The standard InChI is InChI=1S/C36H57NO4/c1-25(2)37(5)34(40)16-14-12-10-8-6-7-9-11-13-15-28-24-36(4)32(21-22-33(36)41-26(3)38)31-19-17-27-23-29(39)18-20-30(27)35(28)31/h23,25,28,31-33H,6-22,24H2,1-5H3/t28-,31-,32-,33-,36-/m0/s1. The van der Waals surface area contributed by atoms with E-state index in [1.807, 2.05) is 18.0 Å². The lowest BCUT2D eigenvalue weighted by atomic mass is 9.53. The first-order valence-electron chi connectivity index (χ1n) is 17.0. The summed E-state index contributed by atoms with van der Waals surface area (Å²) in [6, 6.07) is 0.287. The Bertz CT molecular complexity index is 1010. The van der Waals surface area contributed by atoms with Gasteiger partial charge in [0.05, 0.1) is 0 Å². The highest BCUT2D eigenvalue weighted by Gasteiger charge is 2.57. The number of nitrogens with zero attached hydrogens (tertiary/aromatic N) is 1. The van der Waals surface area contributed by atoms with Gasteiger partial charge < -0.3 is 9.64 Å². The van der Waals surface area contributed by atoms with Crippen LogP contribution in [0.3, 0.4) is 0 Å². The minimum Gasteiger partial charge on any atom is -0.462 e. The third-order valence-electron chi connectivity index (χ3n) is 11.2. The van der Waals surface area contributed by atoms with Gasteiger partial charge in [0.25, 0.3) is 0 Å². The van der Waals surface area contributed by atoms with Crippen molar-refractivity contribution in [3.63, 3.8) is 0 Å². The Labute approximate surface area is 249 Å². The van der Waals surface area contributed by atoms with Crippen molar-refractivity contribution < 1.29 is 19.1 Å². The van der Waals surface area contributed by atoms with Crippen molar-refractivity contribution in [2.75, 3.05) is 7.05 Å². The number of amides is 1. The Balaban J connectivity index is 1.25. The maximum absolute atomic E-state index is 12.2. The van der Waals surface area contributed by atoms with Gasteiger partial charge in [-0.3, -0.25) is 14.4 Å². The Morgan fingerprint density at radius 3 is 2.27 bits per heavy atom. The lowest BCUT2D eigenvalue weighted by Crippen LogP contribution is -2.46. The number of carbonyl (C=O) groups is 3. The van der Waals surface area contributed by atoms with E-state index in [9.17, 15) is 14.4 Å². The SMILES string of the molecule is CC(=O)O[C@H]1CC[C@H]2[C@@H]3CCC4=CC(=O)CCC4=C3[C@@H](CCCCCCCCCCCC(=O)N(C)C(C)C)C[C@]12C. The second-order valence-electron chi connectivity index (χ2n) is 14.2. The zero-order valence-corrected chi connectivity index (χ0v) is 26.8. The lowest BCUT2D eigenvalue weighted by Gasteiger charge is -2.52. The van der Waals surface area contributed by atoms with Crippen molar-refractivity contribution in [3.05, 3.63) is 22.8 Å². The molecule has 0 bridgehead atoms. The molecule has 0 heterocycles. The molecule has 4 aliphatic carbocycles. The molecule has 2 saturated carbocycles. The minimum absolute atomic E-state index is 0.0539. The molecule has 230 valence electrons. The predicted octanol–water partition coefficient (Wildman–Crippen LogP) is 8.51. The fourth-order valence-corrected chi connectivity index (χ4v) is 8.81. The first kappa shape index (κ1) is 32.0. The molecular weight excluding hydrogens is 510 g/mol. The molecule has 4 rings (SSSR count). The van der Waals surface area contributed by atoms with Crippen LogP contribution in [0.4, 0.5) is 0 Å². The van der Waals surface area contributed by atoms with Crippen molar-refractivity contribution in [3.8, 4) is 0 Å². The molecular formula is C36H57NO4. The number of hydrogen-bond donors (Lipinski definition) is 0. The summed E-state index contributed by atoms with van der Waals surface area (Å²) >= 11 is 0. The van der Waals surface area contributed by atoms with Crippen LogP contribution in [-0.2, 0) is 19.1 Å². The minimum atomic E-state index is -0.135. The molecule has 0 saturated heterocycles. The smallest absolute Gasteiger partial charge is 0.302 e. The number of rotatable bonds is 14. The topological polar surface area (TPSA) is 63.7 Å². The number of unbranched alkanes of at least 4 members (excludes halogenated alkanes) is 8. The average molecular weight is 568 g/mol. The molecule has 0 radical (unpaired) electrons. The molecule has 0 aromatic rings. The van der Waals surface area contributed by atoms with Crippen LogP contribution in [0.15, 0.2) is 22.8 Å². The normalized spacial score (nSPS) is 29.1. The molecule has 5 atom stereocenters. The molecule has 5 nitrogen and oxygen atoms in total. The average Bonchev–Trinajstić information content (AvgIpc) is 3.25. The van der Waals surface area contributed by atoms with Crippen molar-refractivity contribution in [2.24, 2.45) is 23.2 Å². The molecule has 0 aliphatic heterocycles. The first-order valence-corrected chi connectivity index (χ1v) is 17.0. The van der Waals surface area contributed by atoms with Crippen molar-refractivity contribution in [1.29, 1.82) is 0 Å². The van der Waals surface area contributed by atoms with Gasteiger partial charge in [0, 0.05) is 38.3 Å². The van der Waals surface area contributed by atoms with Gasteiger partial charge in [0.2, 0.25) is 5.91 Å². The third-order valence-corrected chi connectivity index (χ3v) is 11.2. The maximum atomic E-state index is 12.2. The molecule has 0 aromatic heterocycles. The van der Waals surface area contributed by atoms with Gasteiger partial charge in [-0.25, -0.2) is 0 Å². The van der Waals surface area contributed by atoms with Crippen LogP contribution in [0.1, 0.15) is 143 Å². The first-order chi connectivity index (χ1) is 19.6. The van der Waals surface area contributed by atoms with Gasteiger partial charge in [-0.1, -0.05) is 63.9 Å². The van der Waals surface area contributed by atoms with Crippen molar-refractivity contribution >= 4 is 17.7 Å². The predicted molar refractivity (Wildman–Crippen MR) is 165 cm³/mol. The summed E-state index contributed by atoms with van der Waals surface area (Å²) < 4.78 is 5.94. The van der Waals surface area contributed by atoms with Gasteiger partial charge in [-0.15, -0.1) is 0 Å². The van der Waals surface area contributed by atoms with E-state index in [0.717, 1.165) is 51.4 Å². The van der Waals surface area contributed by atoms with Crippen molar-refractivity contribution in [2.45, 2.75) is 155 Å². The summed E-state index contributed by atoms with van der Waals surface area (Å²) in [6.45, 7) is 8.11. The van der Waals surface area contributed by atoms with Crippen LogP contribution in [-0.4, -0.2) is 41.8 Å². The third kappa shape index (κ3) is 7.73. The van der Waals surface area contributed by atoms with Crippen LogP contribution in [0.25, 0.3) is 0 Å². The monoisotopic (exact) mass is 567 g/mol. The van der Waals surface area contributed by atoms with E-state index < -0.39 is 0 Å². The van der Waals surface area contributed by atoms with Crippen LogP contribution in [0.2, 0.25) is 0 Å². The largest absolute Gasteiger partial charge is 0.462 e. The fourth-order valence-electron chi connectivity index (χ4n) is 8.81. The summed E-state index contributed by atoms with van der Waals surface area (Å²) in [5, 5.41) is 0. The number of carbonyl (C=O) groups excluding carboxylic acids is 3. The number of ether oxygens (including phenoxy) is 1. The molecule has 1 amide bonds. The Kier molecular flexibility index (Phi) is 11.3. The van der Waals surface area contributed by atoms with Crippen molar-refractivity contribution in [1.82, 2.24) is 4.90 Å². The molecule has 0 N–H and O–H groups in total. The van der Waals surface area contributed by atoms with E-state index in [1.54, 1.807) is 18.1 Å². The zero-order valence-electron chi connectivity index (χ0n) is 26.8. The second kappa shape index (κ2) is 14.5. The van der Waals surface area contributed by atoms with Crippen LogP contribution in [0, 0.1) is 23.2 Å². The van der Waals surface area contributed by atoms with Gasteiger partial charge in [0.15, 0.2) is 5.78 Å². The molecule has 0 unspecified atom stereocenters. The number of fused-ring (bicyclic) bond motifs is 4. The van der Waals surface area contributed by atoms with Gasteiger partial charge in [0.1, 0.15) is 6.10 Å². The second-order valence-corrected chi connectivity index (χ2v) is 14.2. The summed E-state index contributed by atoms with van der Waals surface area (Å²) in [4.78, 5) is 38.1. The van der Waals surface area contributed by atoms with Gasteiger partial charge in [-0.2, -0.15) is 0 Å². The Hall–Kier alpha value is -1.91. The highest BCUT2D eigenvalue weighted by molar-refractivity contribution is 5.93. The van der Waals surface area contributed by atoms with E-state index in [1.165, 1.54) is 56.9 Å². The molecule has 2 fully saturated rings. The number of allylic oxidation sites excluding steroid dienone is 4. The molecule has 41 heavy (non-hydrogen) atoms.